The van der Waals surface area contributed by atoms with E-state index in [1.165, 1.54) is 6.07 Å². The fraction of sp³-hybridized carbons (Fsp3) is 0.133. The van der Waals surface area contributed by atoms with Crippen LogP contribution in [0.15, 0.2) is 72.8 Å². The molecule has 6 aromatic rings. The molecule has 0 radical (unpaired) electrons. The summed E-state index contributed by atoms with van der Waals surface area (Å²) in [6.45, 7) is 3.71. The van der Waals surface area contributed by atoms with E-state index in [4.69, 9.17) is 23.2 Å². The zero-order valence-electron chi connectivity index (χ0n) is 22.2. The Morgan fingerprint density at radius 3 is 2.33 bits per heavy atom. The van der Waals surface area contributed by atoms with Crippen LogP contribution in [0.25, 0.3) is 27.7 Å². The van der Waals surface area contributed by atoms with Gasteiger partial charge in [-0.3, -0.25) is 9.48 Å². The molecule has 12 heteroatoms. The minimum atomic E-state index is -4.75. The second kappa shape index (κ2) is 10.5. The van der Waals surface area contributed by atoms with Crippen LogP contribution in [-0.4, -0.2) is 30.3 Å². The van der Waals surface area contributed by atoms with Crippen molar-refractivity contribution in [2.45, 2.75) is 26.6 Å². The Hall–Kier alpha value is -4.41. The van der Waals surface area contributed by atoms with Crippen LogP contribution < -0.4 is 5.32 Å². The number of benzene rings is 3. The lowest BCUT2D eigenvalue weighted by Gasteiger charge is -2.11. The topological polar surface area (TPSA) is 77.1 Å². The first-order valence-electron chi connectivity index (χ1n) is 12.7. The van der Waals surface area contributed by atoms with Gasteiger partial charge < -0.3 is 5.32 Å². The molecule has 0 saturated heterocycles. The van der Waals surface area contributed by atoms with Crippen molar-refractivity contribution in [3.63, 3.8) is 0 Å². The molecule has 0 aliphatic heterocycles. The number of rotatable bonds is 5. The minimum Gasteiger partial charge on any atom is -0.317 e. The van der Waals surface area contributed by atoms with Gasteiger partial charge in [-0.1, -0.05) is 65.7 Å². The molecule has 0 aliphatic rings. The van der Waals surface area contributed by atoms with Crippen molar-refractivity contribution in [3.05, 3.63) is 111 Å². The van der Waals surface area contributed by atoms with Gasteiger partial charge in [-0.2, -0.15) is 23.4 Å². The average molecular weight is 609 g/mol. The van der Waals surface area contributed by atoms with Crippen LogP contribution in [0.4, 0.5) is 18.9 Å². The lowest BCUT2D eigenvalue weighted by molar-refractivity contribution is -0.142. The molecule has 0 atom stereocenters. The first-order chi connectivity index (χ1) is 20.0. The zero-order valence-corrected chi connectivity index (χ0v) is 23.7. The number of carbonyl (C=O) groups excluding carboxylic acids is 1. The smallest absolute Gasteiger partial charge is 0.317 e. The fourth-order valence-electron chi connectivity index (χ4n) is 4.83. The number of aromatic nitrogens is 5. The Labute approximate surface area is 247 Å². The SMILES string of the molecule is Cc1nn(Cc2c(Cl)cccc2Cl)c(C)c1NC(=O)c1cc2nc(-c3ccc4ccccc4c3)cc(C(F)(F)F)n2n1. The van der Waals surface area contributed by atoms with Gasteiger partial charge in [0, 0.05) is 27.2 Å². The monoisotopic (exact) mass is 608 g/mol. The molecule has 0 saturated carbocycles. The van der Waals surface area contributed by atoms with Crippen molar-refractivity contribution >= 4 is 51.2 Å². The number of amides is 1. The molecule has 0 fully saturated rings. The predicted molar refractivity (Wildman–Crippen MR) is 156 cm³/mol. The van der Waals surface area contributed by atoms with E-state index in [9.17, 15) is 18.0 Å². The number of nitrogens with zero attached hydrogens (tertiary/aromatic N) is 5. The third-order valence-corrected chi connectivity index (χ3v) is 7.69. The maximum absolute atomic E-state index is 14.1. The van der Waals surface area contributed by atoms with E-state index in [1.807, 2.05) is 30.3 Å². The number of carbonyl (C=O) groups is 1. The molecule has 0 unspecified atom stereocenters. The largest absolute Gasteiger partial charge is 0.433 e. The molecule has 3 aromatic heterocycles. The summed E-state index contributed by atoms with van der Waals surface area (Å²) in [4.78, 5) is 17.7. The number of aryl methyl sites for hydroxylation is 1. The van der Waals surface area contributed by atoms with E-state index in [1.54, 1.807) is 48.9 Å². The van der Waals surface area contributed by atoms with Gasteiger partial charge in [0.05, 0.1) is 29.3 Å². The molecule has 3 aromatic carbocycles. The van der Waals surface area contributed by atoms with Crippen molar-refractivity contribution in [1.82, 2.24) is 24.4 Å². The van der Waals surface area contributed by atoms with E-state index in [2.05, 4.69) is 20.5 Å². The standard InChI is InChI=1S/C30H21Cl2F3N6O/c1-16-28(17(2)40(38-16)15-21-22(31)8-5-9-23(21)32)37-29(42)25-14-27-36-24(13-26(30(33,34)35)41(27)39-25)20-11-10-18-6-3-4-7-19(18)12-20/h3-14H,15H2,1-2H3,(H,37,42). The highest BCUT2D eigenvalue weighted by Crippen LogP contribution is 2.33. The average Bonchev–Trinajstić information content (AvgIpc) is 3.50. The third kappa shape index (κ3) is 5.08. The number of fused-ring (bicyclic) bond motifs is 2. The second-order valence-corrected chi connectivity index (χ2v) is 10.6. The Morgan fingerprint density at radius 1 is 0.905 bits per heavy atom. The van der Waals surface area contributed by atoms with Gasteiger partial charge in [0.15, 0.2) is 17.0 Å². The summed E-state index contributed by atoms with van der Waals surface area (Å²) in [5, 5.41) is 14.0. The first kappa shape index (κ1) is 27.7. The maximum Gasteiger partial charge on any atom is 0.433 e. The summed E-state index contributed by atoms with van der Waals surface area (Å²) in [6, 6.07) is 20.2. The van der Waals surface area contributed by atoms with Crippen LogP contribution >= 0.6 is 23.2 Å². The van der Waals surface area contributed by atoms with E-state index >= 15 is 0 Å². The lowest BCUT2D eigenvalue weighted by Crippen LogP contribution is -2.16. The molecule has 7 nitrogen and oxygen atoms in total. The molecule has 6 rings (SSSR count). The van der Waals surface area contributed by atoms with Crippen molar-refractivity contribution < 1.29 is 18.0 Å². The molecular formula is C30H21Cl2F3N6O. The quantitative estimate of drug-likeness (QED) is 0.215. The second-order valence-electron chi connectivity index (χ2n) is 9.74. The Bertz CT molecular complexity index is 1990. The van der Waals surface area contributed by atoms with Crippen LogP contribution in [-0.2, 0) is 12.7 Å². The highest BCUT2D eigenvalue weighted by Gasteiger charge is 2.36. The molecule has 1 N–H and O–H groups in total. The summed E-state index contributed by atoms with van der Waals surface area (Å²) in [7, 11) is 0. The van der Waals surface area contributed by atoms with E-state index in [0.717, 1.165) is 16.8 Å². The number of hydrogen-bond donors (Lipinski definition) is 1. The molecule has 0 spiro atoms. The van der Waals surface area contributed by atoms with Crippen molar-refractivity contribution in [3.8, 4) is 11.3 Å². The normalized spacial score (nSPS) is 11.9. The van der Waals surface area contributed by atoms with Crippen LogP contribution in [0.3, 0.4) is 0 Å². The fourth-order valence-corrected chi connectivity index (χ4v) is 5.34. The lowest BCUT2D eigenvalue weighted by atomic mass is 10.0. The molecule has 212 valence electrons. The summed E-state index contributed by atoms with van der Waals surface area (Å²) < 4.78 is 44.7. The molecule has 0 bridgehead atoms. The predicted octanol–water partition coefficient (Wildman–Crippen LogP) is 7.99. The van der Waals surface area contributed by atoms with Gasteiger partial charge in [0.2, 0.25) is 0 Å². The third-order valence-electron chi connectivity index (χ3n) is 6.99. The first-order valence-corrected chi connectivity index (χ1v) is 13.5. The Balaban J connectivity index is 1.35. The van der Waals surface area contributed by atoms with Crippen molar-refractivity contribution in [2.75, 3.05) is 5.32 Å². The van der Waals surface area contributed by atoms with Gasteiger partial charge in [0.1, 0.15) is 0 Å². The number of nitrogens with one attached hydrogen (secondary N) is 1. The number of alkyl halides is 3. The van der Waals surface area contributed by atoms with Crippen LogP contribution in [0.2, 0.25) is 10.0 Å². The van der Waals surface area contributed by atoms with Crippen LogP contribution in [0.5, 0.6) is 0 Å². The molecule has 0 aliphatic carbocycles. The van der Waals surface area contributed by atoms with Crippen LogP contribution in [0, 0.1) is 13.8 Å². The van der Waals surface area contributed by atoms with Gasteiger partial charge >= 0.3 is 6.18 Å². The number of anilines is 1. The summed E-state index contributed by atoms with van der Waals surface area (Å²) in [5.74, 6) is -0.706. The number of halogens is 5. The molecular weight excluding hydrogens is 588 g/mol. The Kier molecular flexibility index (Phi) is 6.90. The number of hydrogen-bond acceptors (Lipinski definition) is 4. The molecule has 3 heterocycles. The van der Waals surface area contributed by atoms with E-state index in [-0.39, 0.29) is 23.6 Å². The zero-order chi connectivity index (χ0) is 29.8. The maximum atomic E-state index is 14.1. The molecule has 1 amide bonds. The highest BCUT2D eigenvalue weighted by molar-refractivity contribution is 6.36. The van der Waals surface area contributed by atoms with Gasteiger partial charge in [-0.05, 0) is 48.9 Å². The summed E-state index contributed by atoms with van der Waals surface area (Å²) in [6.07, 6.45) is -4.75. The van der Waals surface area contributed by atoms with Gasteiger partial charge in [0.25, 0.3) is 5.91 Å². The van der Waals surface area contributed by atoms with Crippen molar-refractivity contribution in [2.24, 2.45) is 0 Å². The van der Waals surface area contributed by atoms with E-state index < -0.39 is 17.8 Å². The van der Waals surface area contributed by atoms with Gasteiger partial charge in [-0.25, -0.2) is 9.50 Å². The highest BCUT2D eigenvalue weighted by atomic mass is 35.5. The van der Waals surface area contributed by atoms with Crippen LogP contribution in [0.1, 0.15) is 33.1 Å². The summed E-state index contributed by atoms with van der Waals surface area (Å²) in [5.41, 5.74) is 1.39. The summed E-state index contributed by atoms with van der Waals surface area (Å²) >= 11 is 12.6. The Morgan fingerprint density at radius 2 is 1.62 bits per heavy atom. The minimum absolute atomic E-state index is 0.110. The van der Waals surface area contributed by atoms with E-state index in [0.29, 0.717) is 42.8 Å². The molecule has 42 heavy (non-hydrogen) atoms. The van der Waals surface area contributed by atoms with Crippen molar-refractivity contribution in [1.29, 1.82) is 0 Å². The van der Waals surface area contributed by atoms with Gasteiger partial charge in [-0.15, -0.1) is 0 Å².